The first-order valence-corrected chi connectivity index (χ1v) is 6.22. The molecule has 1 saturated heterocycles. The second-order valence-electron chi connectivity index (χ2n) is 5.51. The summed E-state index contributed by atoms with van der Waals surface area (Å²) < 4.78 is 5.17. The molecule has 1 aliphatic heterocycles. The van der Waals surface area contributed by atoms with Crippen LogP contribution in [0.5, 0.6) is 0 Å². The number of nitrogens with two attached hydrogens (primary N) is 1. The van der Waals surface area contributed by atoms with E-state index in [9.17, 15) is 0 Å². The van der Waals surface area contributed by atoms with E-state index in [1.165, 1.54) is 5.56 Å². The Bertz CT molecular complexity index is 348. The van der Waals surface area contributed by atoms with Gasteiger partial charge in [0.25, 0.3) is 0 Å². The Labute approximate surface area is 103 Å². The smallest absolute Gasteiger partial charge is 0.0950 e. The van der Waals surface area contributed by atoms with Crippen LogP contribution in [0.15, 0.2) is 23.0 Å². The molecule has 17 heavy (non-hydrogen) atoms. The SMILES string of the molecule is CN1CCN(C(CN)c2ccoc2)CC1(C)C. The number of hydrogen-bond acceptors (Lipinski definition) is 4. The topological polar surface area (TPSA) is 45.6 Å². The molecule has 0 saturated carbocycles. The number of likely N-dealkylation sites (N-methyl/N-ethyl adjacent to an activating group) is 1. The van der Waals surface area contributed by atoms with Gasteiger partial charge in [0.05, 0.1) is 18.6 Å². The Kier molecular flexibility index (Phi) is 3.56. The Hall–Kier alpha value is -0.840. The predicted molar refractivity (Wildman–Crippen MR) is 68.8 cm³/mol. The third-order valence-electron chi connectivity index (χ3n) is 3.94. The van der Waals surface area contributed by atoms with Gasteiger partial charge in [0.2, 0.25) is 0 Å². The predicted octanol–water partition coefficient (Wildman–Crippen LogP) is 1.31. The number of rotatable bonds is 3. The average Bonchev–Trinajstić information content (AvgIpc) is 2.77. The largest absolute Gasteiger partial charge is 0.472 e. The molecule has 96 valence electrons. The molecular formula is C13H23N3O. The van der Waals surface area contributed by atoms with Gasteiger partial charge < -0.3 is 10.2 Å². The van der Waals surface area contributed by atoms with Crippen LogP contribution in [0.3, 0.4) is 0 Å². The van der Waals surface area contributed by atoms with E-state index in [-0.39, 0.29) is 11.6 Å². The lowest BCUT2D eigenvalue weighted by atomic mass is 9.97. The fourth-order valence-corrected chi connectivity index (χ4v) is 2.50. The van der Waals surface area contributed by atoms with Crippen molar-refractivity contribution in [2.24, 2.45) is 5.73 Å². The molecule has 2 rings (SSSR count). The van der Waals surface area contributed by atoms with Crippen LogP contribution in [0, 0.1) is 0 Å². The van der Waals surface area contributed by atoms with E-state index >= 15 is 0 Å². The van der Waals surface area contributed by atoms with Crippen LogP contribution < -0.4 is 5.73 Å². The summed E-state index contributed by atoms with van der Waals surface area (Å²) in [4.78, 5) is 4.87. The van der Waals surface area contributed by atoms with Crippen LogP contribution in [0.2, 0.25) is 0 Å². The molecule has 0 spiro atoms. The molecule has 1 fully saturated rings. The fourth-order valence-electron chi connectivity index (χ4n) is 2.50. The maximum Gasteiger partial charge on any atom is 0.0950 e. The van der Waals surface area contributed by atoms with E-state index < -0.39 is 0 Å². The monoisotopic (exact) mass is 237 g/mol. The molecule has 1 aromatic rings. The van der Waals surface area contributed by atoms with Crippen LogP contribution in [-0.2, 0) is 0 Å². The first-order valence-electron chi connectivity index (χ1n) is 6.22. The Morgan fingerprint density at radius 1 is 1.47 bits per heavy atom. The molecular weight excluding hydrogens is 214 g/mol. The maximum atomic E-state index is 5.92. The van der Waals surface area contributed by atoms with Gasteiger partial charge in [-0.05, 0) is 27.0 Å². The lowest BCUT2D eigenvalue weighted by Crippen LogP contribution is -2.58. The van der Waals surface area contributed by atoms with Crippen LogP contribution in [-0.4, -0.2) is 48.6 Å². The highest BCUT2D eigenvalue weighted by atomic mass is 16.3. The Balaban J connectivity index is 2.11. The summed E-state index contributed by atoms with van der Waals surface area (Å²) in [5, 5.41) is 0. The van der Waals surface area contributed by atoms with E-state index in [0.717, 1.165) is 19.6 Å². The van der Waals surface area contributed by atoms with Crippen molar-refractivity contribution in [1.82, 2.24) is 9.80 Å². The Morgan fingerprint density at radius 2 is 2.24 bits per heavy atom. The lowest BCUT2D eigenvalue weighted by Gasteiger charge is -2.47. The normalized spacial score (nSPS) is 23.8. The molecule has 1 unspecified atom stereocenters. The third kappa shape index (κ3) is 2.54. The average molecular weight is 237 g/mol. The van der Waals surface area contributed by atoms with Crippen molar-refractivity contribution in [1.29, 1.82) is 0 Å². The summed E-state index contributed by atoms with van der Waals surface area (Å²) in [6, 6.07) is 2.30. The minimum atomic E-state index is 0.204. The van der Waals surface area contributed by atoms with Gasteiger partial charge in [-0.1, -0.05) is 0 Å². The van der Waals surface area contributed by atoms with Crippen molar-refractivity contribution in [3.63, 3.8) is 0 Å². The number of piperazine rings is 1. The molecule has 0 aromatic carbocycles. The standard InChI is InChI=1S/C13H23N3O/c1-13(2)10-16(6-5-15(13)3)12(8-14)11-4-7-17-9-11/h4,7,9,12H,5-6,8,10,14H2,1-3H3. The van der Waals surface area contributed by atoms with Gasteiger partial charge in [0.1, 0.15) is 0 Å². The van der Waals surface area contributed by atoms with Crippen LogP contribution >= 0.6 is 0 Å². The summed E-state index contributed by atoms with van der Waals surface area (Å²) in [5.74, 6) is 0. The molecule has 4 nitrogen and oxygen atoms in total. The molecule has 1 aliphatic rings. The molecule has 1 aromatic heterocycles. The highest BCUT2D eigenvalue weighted by molar-refractivity contribution is 5.13. The van der Waals surface area contributed by atoms with Gasteiger partial charge in [0, 0.05) is 37.3 Å². The van der Waals surface area contributed by atoms with Gasteiger partial charge in [-0.25, -0.2) is 0 Å². The van der Waals surface area contributed by atoms with E-state index in [2.05, 4.69) is 30.7 Å². The minimum absolute atomic E-state index is 0.204. The summed E-state index contributed by atoms with van der Waals surface area (Å²) in [7, 11) is 2.19. The van der Waals surface area contributed by atoms with Gasteiger partial charge in [-0.2, -0.15) is 0 Å². The molecule has 0 aliphatic carbocycles. The van der Waals surface area contributed by atoms with E-state index in [1.807, 2.05) is 12.3 Å². The van der Waals surface area contributed by atoms with Crippen molar-refractivity contribution in [2.75, 3.05) is 33.2 Å². The maximum absolute atomic E-state index is 5.92. The zero-order valence-electron chi connectivity index (χ0n) is 11.0. The van der Waals surface area contributed by atoms with E-state index in [4.69, 9.17) is 10.2 Å². The summed E-state index contributed by atoms with van der Waals surface area (Å²) in [5.41, 5.74) is 7.31. The first kappa shape index (κ1) is 12.6. The molecule has 2 N–H and O–H groups in total. The van der Waals surface area contributed by atoms with Crippen LogP contribution in [0.4, 0.5) is 0 Å². The zero-order chi connectivity index (χ0) is 12.5. The highest BCUT2D eigenvalue weighted by Gasteiger charge is 2.34. The van der Waals surface area contributed by atoms with Crippen molar-refractivity contribution in [3.05, 3.63) is 24.2 Å². The minimum Gasteiger partial charge on any atom is -0.472 e. The molecule has 2 heterocycles. The highest BCUT2D eigenvalue weighted by Crippen LogP contribution is 2.27. The Morgan fingerprint density at radius 3 is 2.76 bits per heavy atom. The lowest BCUT2D eigenvalue weighted by molar-refractivity contribution is 0.0179. The van der Waals surface area contributed by atoms with E-state index in [0.29, 0.717) is 6.54 Å². The van der Waals surface area contributed by atoms with Crippen molar-refractivity contribution in [2.45, 2.75) is 25.4 Å². The van der Waals surface area contributed by atoms with Gasteiger partial charge >= 0.3 is 0 Å². The number of hydrogen-bond donors (Lipinski definition) is 1. The summed E-state index contributed by atoms with van der Waals surface area (Å²) >= 11 is 0. The molecule has 1 atom stereocenters. The van der Waals surface area contributed by atoms with Gasteiger partial charge in [-0.3, -0.25) is 9.80 Å². The third-order valence-corrected chi connectivity index (χ3v) is 3.94. The molecule has 0 amide bonds. The molecule has 0 radical (unpaired) electrons. The first-order chi connectivity index (χ1) is 8.04. The summed E-state index contributed by atoms with van der Waals surface area (Å²) in [6.45, 7) is 8.38. The van der Waals surface area contributed by atoms with Crippen LogP contribution in [0.1, 0.15) is 25.5 Å². The molecule has 4 heteroatoms. The van der Waals surface area contributed by atoms with Crippen molar-refractivity contribution in [3.8, 4) is 0 Å². The molecule has 0 bridgehead atoms. The zero-order valence-corrected chi connectivity index (χ0v) is 11.0. The summed E-state index contributed by atoms with van der Waals surface area (Å²) in [6.07, 6.45) is 3.53. The van der Waals surface area contributed by atoms with Crippen molar-refractivity contribution >= 4 is 0 Å². The number of furan rings is 1. The van der Waals surface area contributed by atoms with Gasteiger partial charge in [-0.15, -0.1) is 0 Å². The fraction of sp³-hybridized carbons (Fsp3) is 0.692. The van der Waals surface area contributed by atoms with Gasteiger partial charge in [0.15, 0.2) is 0 Å². The number of nitrogens with zero attached hydrogens (tertiary/aromatic N) is 2. The van der Waals surface area contributed by atoms with E-state index in [1.54, 1.807) is 6.26 Å². The quantitative estimate of drug-likeness (QED) is 0.861. The second kappa shape index (κ2) is 4.80. The van der Waals surface area contributed by atoms with Crippen LogP contribution in [0.25, 0.3) is 0 Å². The van der Waals surface area contributed by atoms with Crippen molar-refractivity contribution < 1.29 is 4.42 Å². The second-order valence-corrected chi connectivity index (χ2v) is 5.51.